The molecule has 1 saturated carbocycles. The summed E-state index contributed by atoms with van der Waals surface area (Å²) in [5.74, 6) is 1.42. The molecule has 22 heavy (non-hydrogen) atoms. The van der Waals surface area contributed by atoms with Crippen molar-refractivity contribution in [3.05, 3.63) is 23.5 Å². The van der Waals surface area contributed by atoms with Crippen molar-refractivity contribution in [3.8, 4) is 11.5 Å². The van der Waals surface area contributed by atoms with Gasteiger partial charge in [-0.3, -0.25) is 4.90 Å². The first-order valence-corrected chi connectivity index (χ1v) is 8.10. The van der Waals surface area contributed by atoms with Gasteiger partial charge < -0.3 is 14.8 Å². The number of methoxy groups -OCH3 is 2. The molecule has 1 atom stereocenters. The summed E-state index contributed by atoms with van der Waals surface area (Å²) in [5, 5.41) is 3.37. The molecule has 0 bridgehead atoms. The summed E-state index contributed by atoms with van der Waals surface area (Å²) in [6, 6.07) is 3.44. The highest BCUT2D eigenvalue weighted by Gasteiger charge is 2.35. The van der Waals surface area contributed by atoms with Gasteiger partial charge in [-0.05, 0) is 24.8 Å². The number of hydrogen-bond donors (Lipinski definition) is 1. The Bertz CT molecular complexity index is 514. The highest BCUT2D eigenvalue weighted by Crippen LogP contribution is 2.44. The molecule has 0 unspecified atom stereocenters. The fraction of sp³-hybridized carbons (Fsp3) is 0.647. The van der Waals surface area contributed by atoms with Crippen molar-refractivity contribution in [3.63, 3.8) is 0 Å². The Morgan fingerprint density at radius 1 is 1.14 bits per heavy atom. The molecule has 1 aliphatic carbocycles. The first-order valence-electron chi connectivity index (χ1n) is 8.10. The lowest BCUT2D eigenvalue weighted by Crippen LogP contribution is -2.48. The molecular weight excluding hydrogens is 283 g/mol. The predicted octanol–water partition coefficient (Wildman–Crippen LogP) is 2.59. The zero-order chi connectivity index (χ0) is 15.5. The molecule has 122 valence electrons. The van der Waals surface area contributed by atoms with Gasteiger partial charge in [0.2, 0.25) is 0 Å². The summed E-state index contributed by atoms with van der Waals surface area (Å²) in [6.45, 7) is 3.88. The molecule has 0 amide bonds. The Hall–Kier alpha value is -1.33. The van der Waals surface area contributed by atoms with Gasteiger partial charge in [0.05, 0.1) is 14.2 Å². The standard InChI is InChI=1S/C17H25FN2O2/c1-21-15-10-13(14(18)11-16(15)22-2)17(12-4-3-5-12)20-8-6-19-7-9-20/h10-12,17,19H,3-9H2,1-2H3/t17-/m0/s1. The number of rotatable bonds is 5. The minimum atomic E-state index is -0.187. The molecule has 1 aliphatic heterocycles. The maximum absolute atomic E-state index is 14.7. The van der Waals surface area contributed by atoms with Crippen molar-refractivity contribution >= 4 is 0 Å². The van der Waals surface area contributed by atoms with Crippen LogP contribution in [0.3, 0.4) is 0 Å². The van der Waals surface area contributed by atoms with E-state index in [1.54, 1.807) is 7.11 Å². The van der Waals surface area contributed by atoms with E-state index in [-0.39, 0.29) is 11.9 Å². The van der Waals surface area contributed by atoms with Crippen molar-refractivity contribution in [2.24, 2.45) is 5.92 Å². The van der Waals surface area contributed by atoms with Gasteiger partial charge in [0.1, 0.15) is 5.82 Å². The number of ether oxygens (including phenoxy) is 2. The number of halogens is 1. The van der Waals surface area contributed by atoms with Crippen molar-refractivity contribution in [2.75, 3.05) is 40.4 Å². The molecule has 1 aromatic carbocycles. The normalized spacial score (nSPS) is 21.2. The smallest absolute Gasteiger partial charge is 0.163 e. The Morgan fingerprint density at radius 3 is 2.32 bits per heavy atom. The van der Waals surface area contributed by atoms with Crippen LogP contribution in [-0.4, -0.2) is 45.3 Å². The van der Waals surface area contributed by atoms with E-state index in [1.807, 2.05) is 6.07 Å². The zero-order valence-electron chi connectivity index (χ0n) is 13.4. The molecule has 2 fully saturated rings. The second-order valence-electron chi connectivity index (χ2n) is 6.15. The van der Waals surface area contributed by atoms with Gasteiger partial charge in [-0.1, -0.05) is 6.42 Å². The summed E-state index contributed by atoms with van der Waals surface area (Å²) in [6.07, 6.45) is 3.62. The largest absolute Gasteiger partial charge is 0.493 e. The van der Waals surface area contributed by atoms with E-state index in [4.69, 9.17) is 9.47 Å². The van der Waals surface area contributed by atoms with Gasteiger partial charge in [-0.25, -0.2) is 4.39 Å². The summed E-state index contributed by atoms with van der Waals surface area (Å²) in [7, 11) is 3.14. The van der Waals surface area contributed by atoms with Crippen molar-refractivity contribution in [2.45, 2.75) is 25.3 Å². The highest BCUT2D eigenvalue weighted by atomic mass is 19.1. The average molecular weight is 308 g/mol. The Labute approximate surface area is 131 Å². The minimum absolute atomic E-state index is 0.149. The van der Waals surface area contributed by atoms with E-state index in [1.165, 1.54) is 32.4 Å². The molecule has 1 aromatic rings. The van der Waals surface area contributed by atoms with Crippen LogP contribution in [0, 0.1) is 11.7 Å². The van der Waals surface area contributed by atoms with Crippen LogP contribution in [0.4, 0.5) is 4.39 Å². The molecule has 3 rings (SSSR count). The molecule has 1 heterocycles. The quantitative estimate of drug-likeness (QED) is 0.906. The van der Waals surface area contributed by atoms with E-state index >= 15 is 0 Å². The van der Waals surface area contributed by atoms with Gasteiger partial charge in [0.15, 0.2) is 11.5 Å². The maximum Gasteiger partial charge on any atom is 0.163 e. The SMILES string of the molecule is COc1cc(F)c([C@H](C2CCC2)N2CCNCC2)cc1OC. The van der Waals surface area contributed by atoms with Crippen LogP contribution >= 0.6 is 0 Å². The van der Waals surface area contributed by atoms with Gasteiger partial charge in [-0.2, -0.15) is 0 Å². The Kier molecular flexibility index (Phi) is 4.84. The number of benzene rings is 1. The fourth-order valence-corrected chi connectivity index (χ4v) is 3.56. The second-order valence-corrected chi connectivity index (χ2v) is 6.15. The van der Waals surface area contributed by atoms with E-state index in [0.717, 1.165) is 31.7 Å². The number of nitrogens with one attached hydrogen (secondary N) is 1. The molecule has 0 aromatic heterocycles. The lowest BCUT2D eigenvalue weighted by Gasteiger charge is -2.43. The van der Waals surface area contributed by atoms with E-state index < -0.39 is 0 Å². The Balaban J connectivity index is 1.95. The summed E-state index contributed by atoms with van der Waals surface area (Å²) < 4.78 is 25.3. The van der Waals surface area contributed by atoms with Crippen LogP contribution in [0.15, 0.2) is 12.1 Å². The van der Waals surface area contributed by atoms with Gasteiger partial charge in [-0.15, -0.1) is 0 Å². The lowest BCUT2D eigenvalue weighted by atomic mass is 9.76. The third kappa shape index (κ3) is 2.92. The van der Waals surface area contributed by atoms with Crippen molar-refractivity contribution < 1.29 is 13.9 Å². The molecule has 0 spiro atoms. The first kappa shape index (κ1) is 15.6. The van der Waals surface area contributed by atoms with Crippen LogP contribution < -0.4 is 14.8 Å². The molecule has 0 radical (unpaired) electrons. The lowest BCUT2D eigenvalue weighted by molar-refractivity contribution is 0.0809. The monoisotopic (exact) mass is 308 g/mol. The molecule has 4 nitrogen and oxygen atoms in total. The molecule has 2 aliphatic rings. The van der Waals surface area contributed by atoms with Crippen LogP contribution in [-0.2, 0) is 0 Å². The highest BCUT2D eigenvalue weighted by molar-refractivity contribution is 5.45. The summed E-state index contributed by atoms with van der Waals surface area (Å²) in [4.78, 5) is 2.42. The van der Waals surface area contributed by atoms with Crippen molar-refractivity contribution in [1.29, 1.82) is 0 Å². The van der Waals surface area contributed by atoms with E-state index in [2.05, 4.69) is 10.2 Å². The molecule has 1 saturated heterocycles. The number of nitrogens with zero attached hydrogens (tertiary/aromatic N) is 1. The topological polar surface area (TPSA) is 33.7 Å². The maximum atomic E-state index is 14.7. The minimum Gasteiger partial charge on any atom is -0.493 e. The van der Waals surface area contributed by atoms with Crippen LogP contribution in [0.2, 0.25) is 0 Å². The van der Waals surface area contributed by atoms with Gasteiger partial charge in [0, 0.05) is 43.9 Å². The van der Waals surface area contributed by atoms with Crippen LogP contribution in [0.1, 0.15) is 30.9 Å². The van der Waals surface area contributed by atoms with E-state index in [9.17, 15) is 4.39 Å². The fourth-order valence-electron chi connectivity index (χ4n) is 3.56. The third-order valence-electron chi connectivity index (χ3n) is 4.96. The van der Waals surface area contributed by atoms with Gasteiger partial charge >= 0.3 is 0 Å². The summed E-state index contributed by atoms with van der Waals surface area (Å²) in [5.41, 5.74) is 0.754. The van der Waals surface area contributed by atoms with Crippen LogP contribution in [0.5, 0.6) is 11.5 Å². The number of hydrogen-bond acceptors (Lipinski definition) is 4. The average Bonchev–Trinajstić information content (AvgIpc) is 2.51. The number of piperazine rings is 1. The predicted molar refractivity (Wildman–Crippen MR) is 84.0 cm³/mol. The van der Waals surface area contributed by atoms with Gasteiger partial charge in [0.25, 0.3) is 0 Å². The summed E-state index contributed by atoms with van der Waals surface area (Å²) >= 11 is 0. The third-order valence-corrected chi connectivity index (χ3v) is 4.96. The second kappa shape index (κ2) is 6.84. The van der Waals surface area contributed by atoms with E-state index in [0.29, 0.717) is 17.4 Å². The molecule has 5 heteroatoms. The zero-order valence-corrected chi connectivity index (χ0v) is 13.4. The van der Waals surface area contributed by atoms with Crippen LogP contribution in [0.25, 0.3) is 0 Å². The molecule has 1 N–H and O–H groups in total. The first-order chi connectivity index (χ1) is 10.7. The molecular formula is C17H25FN2O2. The Morgan fingerprint density at radius 2 is 1.77 bits per heavy atom. The van der Waals surface area contributed by atoms with Crippen molar-refractivity contribution in [1.82, 2.24) is 10.2 Å².